The summed E-state index contributed by atoms with van der Waals surface area (Å²) in [6, 6.07) is 24.2. The molecule has 0 fully saturated rings. The number of carbonyl (C=O) groups is 1. The van der Waals surface area contributed by atoms with Crippen molar-refractivity contribution in [3.8, 4) is 28.7 Å². The molecule has 0 amide bonds. The third kappa shape index (κ3) is 11.9. The highest BCUT2D eigenvalue weighted by Crippen LogP contribution is 2.61. The van der Waals surface area contributed by atoms with Crippen LogP contribution in [0.25, 0.3) is 12.2 Å². The van der Waals surface area contributed by atoms with Crippen LogP contribution in [0.4, 0.5) is 5.69 Å². The first-order valence-corrected chi connectivity index (χ1v) is 19.6. The molecule has 4 rings (SSSR count). The van der Waals surface area contributed by atoms with Crippen LogP contribution in [-0.4, -0.2) is 60.8 Å². The molecule has 0 aliphatic carbocycles. The molecule has 4 aromatic rings. The largest absolute Gasteiger partial charge is 0.493 e. The number of benzene rings is 4. The highest BCUT2D eigenvalue weighted by atomic mass is 35.5. The topological polar surface area (TPSA) is 120 Å². The summed E-state index contributed by atoms with van der Waals surface area (Å²) in [6.07, 6.45) is 5.39. The molecule has 0 spiro atoms. The summed E-state index contributed by atoms with van der Waals surface area (Å²) in [6.45, 7) is 4.26. The number of rotatable bonds is 22. The number of methoxy groups -OCH3 is 4. The number of esters is 1. The summed E-state index contributed by atoms with van der Waals surface area (Å²) in [5.41, 5.74) is 4.20. The minimum absolute atomic E-state index is 0.0923. The Kier molecular flexibility index (Phi) is 16.6. The van der Waals surface area contributed by atoms with Crippen LogP contribution in [0.1, 0.15) is 54.7 Å². The number of nitrogens with one attached hydrogen (secondary N) is 1. The fraction of sp³-hybridized carbons (Fsp3) is 0.341. The number of anilines is 1. The highest BCUT2D eigenvalue weighted by molar-refractivity contribution is 7.54. The molecule has 290 valence electrons. The molecule has 0 bridgehead atoms. The van der Waals surface area contributed by atoms with Crippen LogP contribution in [-0.2, 0) is 29.6 Å². The van der Waals surface area contributed by atoms with Crippen molar-refractivity contribution in [2.24, 2.45) is 0 Å². The van der Waals surface area contributed by atoms with E-state index in [9.17, 15) is 9.36 Å². The van der Waals surface area contributed by atoms with E-state index in [1.54, 1.807) is 60.5 Å². The monoisotopic (exact) mass is 781 g/mol. The van der Waals surface area contributed by atoms with E-state index in [1.165, 1.54) is 0 Å². The van der Waals surface area contributed by atoms with Crippen molar-refractivity contribution in [1.82, 2.24) is 0 Å². The number of hydrogen-bond acceptors (Lipinski definition) is 11. The Labute approximate surface area is 323 Å². The van der Waals surface area contributed by atoms with Crippen LogP contribution in [0, 0.1) is 0 Å². The van der Waals surface area contributed by atoms with Gasteiger partial charge in [0.1, 0.15) is 13.2 Å². The molecular weight excluding hydrogens is 733 g/mol. The van der Waals surface area contributed by atoms with Gasteiger partial charge in [-0.3, -0.25) is 9.36 Å². The molecule has 13 heteroatoms. The van der Waals surface area contributed by atoms with Crippen molar-refractivity contribution in [1.29, 1.82) is 0 Å². The summed E-state index contributed by atoms with van der Waals surface area (Å²) >= 11 is 6.26. The fourth-order valence-electron chi connectivity index (χ4n) is 5.61. The average molecular weight is 782 g/mol. The van der Waals surface area contributed by atoms with E-state index in [0.29, 0.717) is 52.2 Å². The Balaban J connectivity index is 1.26. The number of halogens is 1. The zero-order valence-corrected chi connectivity index (χ0v) is 33.2. The van der Waals surface area contributed by atoms with Gasteiger partial charge in [0.05, 0.1) is 41.7 Å². The minimum atomic E-state index is -3.58. The molecule has 1 unspecified atom stereocenters. The van der Waals surface area contributed by atoms with Crippen LogP contribution < -0.4 is 29.0 Å². The molecule has 1 N–H and O–H groups in total. The lowest BCUT2D eigenvalue weighted by Gasteiger charge is -2.28. The summed E-state index contributed by atoms with van der Waals surface area (Å²) in [7, 11) is 2.70. The third-order valence-electron chi connectivity index (χ3n) is 8.15. The van der Waals surface area contributed by atoms with E-state index >= 15 is 0 Å². The van der Waals surface area contributed by atoms with E-state index in [4.69, 9.17) is 49.1 Å². The molecule has 0 heterocycles. The van der Waals surface area contributed by atoms with Gasteiger partial charge in [-0.2, -0.15) is 0 Å². The Morgan fingerprint density at radius 3 is 2.02 bits per heavy atom. The number of hydrogen-bond donors (Lipinski definition) is 1. The van der Waals surface area contributed by atoms with Gasteiger partial charge in [-0.05, 0) is 97.5 Å². The van der Waals surface area contributed by atoms with Crippen LogP contribution >= 0.6 is 19.2 Å². The zero-order chi connectivity index (χ0) is 38.9. The second-order valence-corrected chi connectivity index (χ2v) is 14.3. The van der Waals surface area contributed by atoms with E-state index < -0.39 is 13.4 Å². The Hall–Kier alpha value is -4.67. The van der Waals surface area contributed by atoms with Crippen LogP contribution in [0.5, 0.6) is 28.7 Å². The molecule has 54 heavy (non-hydrogen) atoms. The van der Waals surface area contributed by atoms with E-state index in [2.05, 4.69) is 5.32 Å². The first kappa shape index (κ1) is 42.1. The minimum Gasteiger partial charge on any atom is -0.493 e. The van der Waals surface area contributed by atoms with Crippen LogP contribution in [0.2, 0.25) is 5.02 Å². The standard InChI is InChI=1S/C41H49ClNO10P/c1-7-52-54(45,53-8-2)41(32-12-10-13-33(42)28-32)43-34-20-17-29(18-21-34)11-9-14-39(44)51-24-23-50-36-25-30(19-22-35(36)46-3)15-16-31-26-37(47-4)40(49-6)38(27-31)48-5/h10,12-13,15-22,25-28,41,43H,7-9,11,14,23-24H2,1-6H3/b16-15-. The maximum absolute atomic E-state index is 13.8. The Bertz CT molecular complexity index is 1850. The molecular formula is C41H49ClNO10P. The quantitative estimate of drug-likeness (QED) is 0.0355. The van der Waals surface area contributed by atoms with Crippen molar-refractivity contribution in [2.45, 2.75) is 38.9 Å². The summed E-state index contributed by atoms with van der Waals surface area (Å²) in [5, 5.41) is 3.85. The van der Waals surface area contributed by atoms with E-state index in [-0.39, 0.29) is 38.8 Å². The summed E-state index contributed by atoms with van der Waals surface area (Å²) in [4.78, 5) is 12.5. The fourth-order valence-corrected chi connectivity index (χ4v) is 7.73. The maximum Gasteiger partial charge on any atom is 0.357 e. The first-order chi connectivity index (χ1) is 26.2. The highest BCUT2D eigenvalue weighted by Gasteiger charge is 2.37. The third-order valence-corrected chi connectivity index (χ3v) is 10.7. The number of carbonyl (C=O) groups excluding carboxylic acids is 1. The van der Waals surface area contributed by atoms with Gasteiger partial charge in [0, 0.05) is 17.1 Å². The number of aryl methyl sites for hydroxylation is 1. The van der Waals surface area contributed by atoms with E-state index in [1.807, 2.05) is 72.8 Å². The average Bonchev–Trinajstić information content (AvgIpc) is 3.18. The lowest BCUT2D eigenvalue weighted by Crippen LogP contribution is -2.15. The molecule has 0 saturated carbocycles. The second-order valence-electron chi connectivity index (χ2n) is 11.8. The van der Waals surface area contributed by atoms with Gasteiger partial charge in [0.25, 0.3) is 0 Å². The van der Waals surface area contributed by atoms with Crippen molar-refractivity contribution >= 4 is 43.0 Å². The molecule has 1 atom stereocenters. The van der Waals surface area contributed by atoms with Crippen LogP contribution in [0.15, 0.2) is 78.9 Å². The lowest BCUT2D eigenvalue weighted by molar-refractivity contribution is -0.144. The van der Waals surface area contributed by atoms with Gasteiger partial charge < -0.3 is 42.8 Å². The normalized spacial score (nSPS) is 11.9. The molecule has 11 nitrogen and oxygen atoms in total. The number of ether oxygens (including phenoxy) is 6. The maximum atomic E-state index is 13.8. The lowest BCUT2D eigenvalue weighted by atomic mass is 10.1. The van der Waals surface area contributed by atoms with E-state index in [0.717, 1.165) is 22.4 Å². The molecule has 0 aliphatic heterocycles. The summed E-state index contributed by atoms with van der Waals surface area (Å²) in [5.74, 6) is 1.65. The van der Waals surface area contributed by atoms with Gasteiger partial charge in [0.15, 0.2) is 28.8 Å². The van der Waals surface area contributed by atoms with Crippen LogP contribution in [0.3, 0.4) is 0 Å². The second kappa shape index (κ2) is 21.3. The molecule has 0 radical (unpaired) electrons. The van der Waals surface area contributed by atoms with Gasteiger partial charge in [-0.1, -0.05) is 54.1 Å². The summed E-state index contributed by atoms with van der Waals surface area (Å²) < 4.78 is 58.3. The zero-order valence-electron chi connectivity index (χ0n) is 31.6. The first-order valence-electron chi connectivity index (χ1n) is 17.6. The van der Waals surface area contributed by atoms with Crippen molar-refractivity contribution < 1.29 is 46.8 Å². The molecule has 0 saturated heterocycles. The molecule has 4 aromatic carbocycles. The van der Waals surface area contributed by atoms with Gasteiger partial charge in [-0.15, -0.1) is 0 Å². The SMILES string of the molecule is CCOP(=O)(OCC)C(Nc1ccc(CCCC(=O)OCCOc2cc(/C=C\c3cc(OC)c(OC)c(OC)c3)ccc2OC)cc1)c1cccc(Cl)c1. The van der Waals surface area contributed by atoms with Crippen molar-refractivity contribution in [2.75, 3.05) is 60.2 Å². The predicted molar refractivity (Wildman–Crippen MR) is 213 cm³/mol. The Morgan fingerprint density at radius 2 is 1.41 bits per heavy atom. The molecule has 0 aromatic heterocycles. The molecule has 0 aliphatic rings. The van der Waals surface area contributed by atoms with Crippen molar-refractivity contribution in [3.63, 3.8) is 0 Å². The Morgan fingerprint density at radius 1 is 0.759 bits per heavy atom. The smallest absolute Gasteiger partial charge is 0.357 e. The van der Waals surface area contributed by atoms with Gasteiger partial charge in [-0.25, -0.2) is 0 Å². The van der Waals surface area contributed by atoms with Gasteiger partial charge >= 0.3 is 13.6 Å². The van der Waals surface area contributed by atoms with Gasteiger partial charge in [0.2, 0.25) is 5.75 Å². The predicted octanol–water partition coefficient (Wildman–Crippen LogP) is 9.87. The van der Waals surface area contributed by atoms with Crippen molar-refractivity contribution in [3.05, 3.63) is 106 Å².